The first-order chi connectivity index (χ1) is 10.7. The van der Waals surface area contributed by atoms with Gasteiger partial charge in [0.1, 0.15) is 5.60 Å². The average Bonchev–Trinajstić information content (AvgIpc) is 3.23. The van der Waals surface area contributed by atoms with E-state index in [1.54, 1.807) is 0 Å². The van der Waals surface area contributed by atoms with Crippen molar-refractivity contribution in [3.63, 3.8) is 0 Å². The van der Waals surface area contributed by atoms with E-state index in [-0.39, 0.29) is 11.6 Å². The van der Waals surface area contributed by atoms with E-state index in [1.165, 1.54) is 12.8 Å². The highest BCUT2D eigenvalue weighted by atomic mass is 16.6. The normalized spacial score (nSPS) is 26.8. The summed E-state index contributed by atoms with van der Waals surface area (Å²) in [5.41, 5.74) is 0.688. The molecule has 1 aliphatic heterocycles. The molecule has 2 aliphatic rings. The number of benzene rings is 1. The maximum absolute atomic E-state index is 12.4. The number of amides is 1. The van der Waals surface area contributed by atoms with Crippen LogP contribution < -0.4 is 5.32 Å². The largest absolute Gasteiger partial charge is 0.444 e. The minimum absolute atomic E-state index is 0.332. The molecular weight excluding hydrogens is 288 g/mol. The minimum Gasteiger partial charge on any atom is -0.444 e. The van der Waals surface area contributed by atoms with E-state index < -0.39 is 5.60 Å². The van der Waals surface area contributed by atoms with Gasteiger partial charge in [-0.25, -0.2) is 4.79 Å². The molecule has 1 amide bonds. The lowest BCUT2D eigenvalue weighted by Gasteiger charge is -2.47. The van der Waals surface area contributed by atoms with Gasteiger partial charge in [0, 0.05) is 12.1 Å². The van der Waals surface area contributed by atoms with Crippen LogP contribution in [0.15, 0.2) is 30.3 Å². The van der Waals surface area contributed by atoms with Gasteiger partial charge in [-0.2, -0.15) is 0 Å². The van der Waals surface area contributed by atoms with Crippen molar-refractivity contribution in [3.05, 3.63) is 35.9 Å². The monoisotopic (exact) mass is 316 g/mol. The van der Waals surface area contributed by atoms with Crippen molar-refractivity contribution in [3.8, 4) is 0 Å². The van der Waals surface area contributed by atoms with Gasteiger partial charge in [-0.1, -0.05) is 30.3 Å². The molecule has 23 heavy (non-hydrogen) atoms. The highest BCUT2D eigenvalue weighted by Gasteiger charge is 2.54. The number of carbonyl (C=O) groups is 1. The molecule has 4 nitrogen and oxygen atoms in total. The lowest BCUT2D eigenvalue weighted by molar-refractivity contribution is 0.0282. The van der Waals surface area contributed by atoms with E-state index in [9.17, 15) is 4.79 Å². The van der Waals surface area contributed by atoms with Crippen LogP contribution in [0, 0.1) is 0 Å². The van der Waals surface area contributed by atoms with Crippen LogP contribution in [0.2, 0.25) is 0 Å². The number of nitrogens with zero attached hydrogens (tertiary/aromatic N) is 1. The molecular formula is C19H28N2O2. The van der Waals surface area contributed by atoms with Crippen LogP contribution in [0.25, 0.3) is 0 Å². The summed E-state index contributed by atoms with van der Waals surface area (Å²) in [6.45, 7) is 6.52. The van der Waals surface area contributed by atoms with Crippen LogP contribution in [-0.2, 0) is 10.3 Å². The number of ether oxygens (including phenoxy) is 1. The Bertz CT molecular complexity index is 575. The van der Waals surface area contributed by atoms with Gasteiger partial charge < -0.3 is 10.1 Å². The number of nitrogens with one attached hydrogen (secondary N) is 1. The maximum Gasteiger partial charge on any atom is 0.408 e. The molecule has 3 rings (SSSR count). The molecule has 1 aromatic rings. The second kappa shape index (κ2) is 5.52. The highest BCUT2D eigenvalue weighted by molar-refractivity contribution is 5.69. The Hall–Kier alpha value is -1.55. The summed E-state index contributed by atoms with van der Waals surface area (Å²) in [7, 11) is 2.18. The van der Waals surface area contributed by atoms with E-state index in [0.717, 1.165) is 24.9 Å². The highest BCUT2D eigenvalue weighted by Crippen LogP contribution is 2.51. The van der Waals surface area contributed by atoms with Crippen molar-refractivity contribution >= 4 is 6.09 Å². The number of alkyl carbamates (subject to hydrolysis) is 1. The van der Waals surface area contributed by atoms with E-state index in [2.05, 4.69) is 29.4 Å². The van der Waals surface area contributed by atoms with Crippen molar-refractivity contribution in [2.75, 3.05) is 13.6 Å². The average molecular weight is 316 g/mol. The molecule has 1 saturated heterocycles. The fourth-order valence-electron chi connectivity index (χ4n) is 3.73. The predicted molar refractivity (Wildman–Crippen MR) is 91.3 cm³/mol. The molecule has 0 radical (unpaired) electrons. The third-order valence-electron chi connectivity index (χ3n) is 5.23. The Morgan fingerprint density at radius 1 is 1.13 bits per heavy atom. The van der Waals surface area contributed by atoms with Crippen molar-refractivity contribution < 1.29 is 9.53 Å². The standard InChI is InChI=1S/C19H28N2O2/c1-17(2,3)23-16(22)20-19(15-8-6-5-7-9-15)13-12-18(10-11-18)21(4)14-19/h5-9H,10-14H2,1-4H3,(H,20,22). The Morgan fingerprint density at radius 3 is 2.26 bits per heavy atom. The van der Waals surface area contributed by atoms with E-state index in [4.69, 9.17) is 4.74 Å². The topological polar surface area (TPSA) is 41.6 Å². The quantitative estimate of drug-likeness (QED) is 0.905. The number of rotatable bonds is 2. The number of likely N-dealkylation sites (tertiary alicyclic amines) is 1. The summed E-state index contributed by atoms with van der Waals surface area (Å²) >= 11 is 0. The van der Waals surface area contributed by atoms with Crippen molar-refractivity contribution in [1.82, 2.24) is 10.2 Å². The third-order valence-corrected chi connectivity index (χ3v) is 5.23. The number of carbonyl (C=O) groups excluding carboxylic acids is 1. The summed E-state index contributed by atoms with van der Waals surface area (Å²) in [5.74, 6) is 0. The molecule has 0 aromatic heterocycles. The molecule has 2 fully saturated rings. The van der Waals surface area contributed by atoms with E-state index in [1.807, 2.05) is 39.0 Å². The molecule has 1 aliphatic carbocycles. The second-order valence-corrected chi connectivity index (χ2v) is 8.16. The number of hydrogen-bond donors (Lipinski definition) is 1. The van der Waals surface area contributed by atoms with Gasteiger partial charge in [0.2, 0.25) is 0 Å². The molecule has 1 N–H and O–H groups in total. The molecule has 1 aromatic carbocycles. The minimum atomic E-state index is -0.486. The SMILES string of the molecule is CN1CC(NC(=O)OC(C)(C)C)(c2ccccc2)CCC12CC2. The fraction of sp³-hybridized carbons (Fsp3) is 0.632. The smallest absolute Gasteiger partial charge is 0.408 e. The molecule has 1 spiro atoms. The molecule has 1 unspecified atom stereocenters. The number of hydrogen-bond acceptors (Lipinski definition) is 3. The van der Waals surface area contributed by atoms with Crippen LogP contribution in [0.1, 0.15) is 52.0 Å². The summed E-state index contributed by atoms with van der Waals surface area (Å²) in [6.07, 6.45) is 4.30. The van der Waals surface area contributed by atoms with Crippen LogP contribution in [0.3, 0.4) is 0 Å². The molecule has 126 valence electrons. The molecule has 0 bridgehead atoms. The van der Waals surface area contributed by atoms with Gasteiger partial charge in [-0.3, -0.25) is 4.90 Å². The lowest BCUT2D eigenvalue weighted by Crippen LogP contribution is -2.59. The summed E-state index contributed by atoms with van der Waals surface area (Å²) in [4.78, 5) is 14.9. The Labute approximate surface area is 139 Å². The summed E-state index contributed by atoms with van der Waals surface area (Å²) in [5, 5.41) is 3.20. The Kier molecular flexibility index (Phi) is 3.91. The van der Waals surface area contributed by atoms with Crippen LogP contribution >= 0.6 is 0 Å². The Morgan fingerprint density at radius 2 is 1.74 bits per heavy atom. The van der Waals surface area contributed by atoms with Crippen molar-refractivity contribution in [1.29, 1.82) is 0 Å². The van der Waals surface area contributed by atoms with Crippen molar-refractivity contribution in [2.24, 2.45) is 0 Å². The first-order valence-corrected chi connectivity index (χ1v) is 8.53. The second-order valence-electron chi connectivity index (χ2n) is 8.16. The van der Waals surface area contributed by atoms with Gasteiger partial charge in [0.15, 0.2) is 0 Å². The van der Waals surface area contributed by atoms with Crippen LogP contribution in [0.5, 0.6) is 0 Å². The predicted octanol–water partition coefficient (Wildman–Crippen LogP) is 3.66. The summed E-state index contributed by atoms with van der Waals surface area (Å²) < 4.78 is 5.52. The van der Waals surface area contributed by atoms with Gasteiger partial charge in [-0.15, -0.1) is 0 Å². The lowest BCUT2D eigenvalue weighted by atomic mass is 9.79. The molecule has 4 heteroatoms. The van der Waals surface area contributed by atoms with Gasteiger partial charge >= 0.3 is 6.09 Å². The molecule has 1 atom stereocenters. The first kappa shape index (κ1) is 16.3. The maximum atomic E-state index is 12.4. The van der Waals surface area contributed by atoms with E-state index in [0.29, 0.717) is 5.54 Å². The van der Waals surface area contributed by atoms with E-state index >= 15 is 0 Å². The van der Waals surface area contributed by atoms with Crippen LogP contribution in [-0.4, -0.2) is 35.7 Å². The van der Waals surface area contributed by atoms with Gasteiger partial charge in [0.05, 0.1) is 5.54 Å². The number of likely N-dealkylation sites (N-methyl/N-ethyl adjacent to an activating group) is 1. The zero-order valence-corrected chi connectivity index (χ0v) is 14.7. The zero-order chi connectivity index (χ0) is 16.7. The fourth-order valence-corrected chi connectivity index (χ4v) is 3.73. The Balaban J connectivity index is 1.84. The molecule has 1 heterocycles. The first-order valence-electron chi connectivity index (χ1n) is 8.53. The third kappa shape index (κ3) is 3.37. The zero-order valence-electron chi connectivity index (χ0n) is 14.7. The van der Waals surface area contributed by atoms with Crippen LogP contribution in [0.4, 0.5) is 4.79 Å². The van der Waals surface area contributed by atoms with Gasteiger partial charge in [0.25, 0.3) is 0 Å². The summed E-state index contributed by atoms with van der Waals surface area (Å²) in [6, 6.07) is 10.3. The van der Waals surface area contributed by atoms with Gasteiger partial charge in [-0.05, 0) is 59.1 Å². The number of piperidine rings is 1. The molecule has 1 saturated carbocycles. The van der Waals surface area contributed by atoms with Crippen molar-refractivity contribution in [2.45, 2.75) is 63.1 Å².